The van der Waals surface area contributed by atoms with Crippen LogP contribution in [0.25, 0.3) is 0 Å². The predicted octanol–water partition coefficient (Wildman–Crippen LogP) is 6.11. The molecule has 0 aromatic heterocycles. The van der Waals surface area contributed by atoms with Crippen molar-refractivity contribution in [3.8, 4) is 0 Å². The van der Waals surface area contributed by atoms with Crippen molar-refractivity contribution in [3.05, 3.63) is 70.8 Å². The molecular formula is C26H30O2. The van der Waals surface area contributed by atoms with Crippen molar-refractivity contribution in [2.75, 3.05) is 7.11 Å². The molecule has 0 amide bonds. The Hall–Kier alpha value is -2.09. The van der Waals surface area contributed by atoms with E-state index in [0.717, 1.165) is 18.3 Å². The number of esters is 1. The molecule has 2 aromatic carbocycles. The maximum Gasteiger partial charge on any atom is 0.337 e. The summed E-state index contributed by atoms with van der Waals surface area (Å²) in [5, 5.41) is 0. The summed E-state index contributed by atoms with van der Waals surface area (Å²) in [4.78, 5) is 11.9. The zero-order chi connectivity index (χ0) is 19.3. The summed E-state index contributed by atoms with van der Waals surface area (Å²) in [6.07, 6.45) is 7.67. The third kappa shape index (κ3) is 2.64. The van der Waals surface area contributed by atoms with Crippen molar-refractivity contribution in [1.82, 2.24) is 0 Å². The van der Waals surface area contributed by atoms with Gasteiger partial charge in [-0.05, 0) is 96.4 Å². The van der Waals surface area contributed by atoms with Crippen LogP contribution in [0.3, 0.4) is 0 Å². The van der Waals surface area contributed by atoms with Crippen LogP contribution in [-0.2, 0) is 11.2 Å². The number of hydrogen-bond donors (Lipinski definition) is 0. The molecule has 2 saturated carbocycles. The van der Waals surface area contributed by atoms with Gasteiger partial charge in [-0.2, -0.15) is 0 Å². The summed E-state index contributed by atoms with van der Waals surface area (Å²) in [5.41, 5.74) is 5.57. The number of rotatable bonds is 2. The Morgan fingerprint density at radius 1 is 1.04 bits per heavy atom. The Labute approximate surface area is 168 Å². The van der Waals surface area contributed by atoms with Crippen molar-refractivity contribution in [2.45, 2.75) is 57.3 Å². The normalized spacial score (nSPS) is 33.5. The van der Waals surface area contributed by atoms with E-state index in [9.17, 15) is 4.79 Å². The summed E-state index contributed by atoms with van der Waals surface area (Å²) in [7, 11) is 1.46. The standard InChI is InChI=1S/C26H30O2/c1-26-15-14-21-20-10-9-19(25(27)28-2)16-18(20)8-11-22(21)24(26)13-12-23(26)17-6-4-3-5-7-17/h3-7,9-10,16,21-24H,8,11-15H2,1-2H3/t21-,22-,23-,24+,26-/m1/s1. The molecule has 3 aliphatic rings. The lowest BCUT2D eigenvalue weighted by Gasteiger charge is -2.51. The van der Waals surface area contributed by atoms with Gasteiger partial charge >= 0.3 is 5.97 Å². The highest BCUT2D eigenvalue weighted by Gasteiger charge is 2.54. The molecule has 3 aliphatic carbocycles. The molecule has 2 nitrogen and oxygen atoms in total. The van der Waals surface area contributed by atoms with Gasteiger partial charge in [-0.25, -0.2) is 4.79 Å². The fraction of sp³-hybridized carbons (Fsp3) is 0.500. The number of benzene rings is 2. The highest BCUT2D eigenvalue weighted by Crippen LogP contribution is 2.65. The molecule has 5 rings (SSSR count). The van der Waals surface area contributed by atoms with Gasteiger partial charge in [-0.1, -0.05) is 43.3 Å². The second-order valence-corrected chi connectivity index (χ2v) is 9.41. The fourth-order valence-electron chi connectivity index (χ4n) is 7.06. The van der Waals surface area contributed by atoms with Gasteiger partial charge in [0.15, 0.2) is 0 Å². The van der Waals surface area contributed by atoms with Gasteiger partial charge in [0, 0.05) is 0 Å². The van der Waals surface area contributed by atoms with Gasteiger partial charge in [0.2, 0.25) is 0 Å². The first-order valence-corrected chi connectivity index (χ1v) is 10.9. The van der Waals surface area contributed by atoms with E-state index in [-0.39, 0.29) is 5.97 Å². The number of hydrogen-bond acceptors (Lipinski definition) is 2. The van der Waals surface area contributed by atoms with Crippen molar-refractivity contribution < 1.29 is 9.53 Å². The lowest BCUT2D eigenvalue weighted by atomic mass is 9.53. The largest absolute Gasteiger partial charge is 0.465 e. The minimum absolute atomic E-state index is 0.220. The van der Waals surface area contributed by atoms with Crippen LogP contribution in [0.2, 0.25) is 0 Å². The monoisotopic (exact) mass is 374 g/mol. The molecule has 0 N–H and O–H groups in total. The second kappa shape index (κ2) is 6.76. The van der Waals surface area contributed by atoms with Crippen molar-refractivity contribution in [3.63, 3.8) is 0 Å². The first-order chi connectivity index (χ1) is 13.6. The summed E-state index contributed by atoms with van der Waals surface area (Å²) >= 11 is 0. The number of carbonyl (C=O) groups is 1. The minimum atomic E-state index is -0.220. The van der Waals surface area contributed by atoms with Gasteiger partial charge in [-0.3, -0.25) is 0 Å². The first-order valence-electron chi connectivity index (χ1n) is 10.9. The highest BCUT2D eigenvalue weighted by atomic mass is 16.5. The summed E-state index contributed by atoms with van der Waals surface area (Å²) in [5.74, 6) is 2.78. The van der Waals surface area contributed by atoms with Gasteiger partial charge in [0.25, 0.3) is 0 Å². The van der Waals surface area contributed by atoms with E-state index >= 15 is 0 Å². The Bertz CT molecular complexity index is 887. The molecule has 0 aliphatic heterocycles. The van der Waals surface area contributed by atoms with E-state index < -0.39 is 0 Å². The molecule has 0 unspecified atom stereocenters. The molecule has 0 saturated heterocycles. The number of aryl methyl sites for hydroxylation is 1. The van der Waals surface area contributed by atoms with Crippen LogP contribution in [-0.4, -0.2) is 13.1 Å². The topological polar surface area (TPSA) is 26.3 Å². The van der Waals surface area contributed by atoms with E-state index in [1.165, 1.54) is 50.3 Å². The summed E-state index contributed by atoms with van der Waals surface area (Å²) in [6.45, 7) is 2.58. The molecule has 0 bridgehead atoms. The third-order valence-corrected chi connectivity index (χ3v) is 8.35. The zero-order valence-corrected chi connectivity index (χ0v) is 17.0. The highest BCUT2D eigenvalue weighted by molar-refractivity contribution is 5.89. The Kier molecular flexibility index (Phi) is 4.34. The quantitative estimate of drug-likeness (QED) is 0.593. The molecule has 5 atom stereocenters. The molecular weight excluding hydrogens is 344 g/mol. The van der Waals surface area contributed by atoms with Crippen LogP contribution < -0.4 is 0 Å². The van der Waals surface area contributed by atoms with Gasteiger partial charge in [0.05, 0.1) is 12.7 Å². The number of carbonyl (C=O) groups excluding carboxylic acids is 1. The van der Waals surface area contributed by atoms with E-state index in [4.69, 9.17) is 4.74 Å². The Morgan fingerprint density at radius 3 is 2.64 bits per heavy atom. The van der Waals surface area contributed by atoms with E-state index in [1.54, 1.807) is 5.56 Å². The predicted molar refractivity (Wildman–Crippen MR) is 112 cm³/mol. The van der Waals surface area contributed by atoms with Crippen LogP contribution in [0, 0.1) is 17.3 Å². The summed E-state index contributed by atoms with van der Waals surface area (Å²) < 4.78 is 4.92. The van der Waals surface area contributed by atoms with Crippen molar-refractivity contribution in [1.29, 1.82) is 0 Å². The average Bonchev–Trinajstić information content (AvgIpc) is 3.10. The van der Waals surface area contributed by atoms with Crippen LogP contribution >= 0.6 is 0 Å². The van der Waals surface area contributed by atoms with Crippen LogP contribution in [0.15, 0.2) is 48.5 Å². The zero-order valence-electron chi connectivity index (χ0n) is 17.0. The van der Waals surface area contributed by atoms with E-state index in [1.807, 2.05) is 6.07 Å². The van der Waals surface area contributed by atoms with Crippen LogP contribution in [0.1, 0.15) is 77.9 Å². The summed E-state index contributed by atoms with van der Waals surface area (Å²) in [6, 6.07) is 17.5. The Balaban J connectivity index is 1.44. The number of methoxy groups -OCH3 is 1. The van der Waals surface area contributed by atoms with Crippen LogP contribution in [0.5, 0.6) is 0 Å². The van der Waals surface area contributed by atoms with Crippen molar-refractivity contribution >= 4 is 5.97 Å². The van der Waals surface area contributed by atoms with Gasteiger partial charge in [-0.15, -0.1) is 0 Å². The molecule has 146 valence electrons. The fourth-order valence-corrected chi connectivity index (χ4v) is 7.06. The molecule has 2 aromatic rings. The third-order valence-electron chi connectivity index (χ3n) is 8.35. The molecule has 2 heteroatoms. The van der Waals surface area contributed by atoms with Crippen LogP contribution in [0.4, 0.5) is 0 Å². The Morgan fingerprint density at radius 2 is 1.86 bits per heavy atom. The molecule has 0 heterocycles. The number of ether oxygens (including phenoxy) is 1. The maximum absolute atomic E-state index is 11.9. The van der Waals surface area contributed by atoms with Gasteiger partial charge < -0.3 is 4.74 Å². The average molecular weight is 375 g/mol. The maximum atomic E-state index is 11.9. The first kappa shape index (κ1) is 18.0. The minimum Gasteiger partial charge on any atom is -0.465 e. The van der Waals surface area contributed by atoms with E-state index in [0.29, 0.717) is 22.8 Å². The SMILES string of the molecule is COC(=O)c1ccc2c(c1)CC[C@@H]1[C@@H]2CC[C@]2(C)[C@@H](c3ccccc3)CC[C@@H]12. The molecule has 0 spiro atoms. The molecule has 28 heavy (non-hydrogen) atoms. The smallest absolute Gasteiger partial charge is 0.337 e. The molecule has 0 radical (unpaired) electrons. The second-order valence-electron chi connectivity index (χ2n) is 9.41. The lowest BCUT2D eigenvalue weighted by molar-refractivity contribution is 0.0481. The van der Waals surface area contributed by atoms with E-state index in [2.05, 4.69) is 49.4 Å². The lowest BCUT2D eigenvalue weighted by Crippen LogP contribution is -2.41. The molecule has 2 fully saturated rings. The van der Waals surface area contributed by atoms with Crippen molar-refractivity contribution in [2.24, 2.45) is 17.3 Å². The number of fused-ring (bicyclic) bond motifs is 5. The van der Waals surface area contributed by atoms with Gasteiger partial charge in [0.1, 0.15) is 0 Å².